The molecule has 0 radical (unpaired) electrons. The van der Waals surface area contributed by atoms with Crippen LogP contribution in [0.5, 0.6) is 0 Å². The standard InChI is InChI=1S/C15H24N4O2/c1-4-10(3)19-13-6-7-18(5-2)9-11(13)8-12(15(19)21)14(20)17-16/h8,10H,4-7,9,16H2,1-3H3,(H,17,20). The highest BCUT2D eigenvalue weighted by atomic mass is 16.2. The van der Waals surface area contributed by atoms with Crippen LogP contribution in [0.4, 0.5) is 0 Å². The van der Waals surface area contributed by atoms with Gasteiger partial charge in [0.1, 0.15) is 5.56 Å². The summed E-state index contributed by atoms with van der Waals surface area (Å²) in [5, 5.41) is 0. The van der Waals surface area contributed by atoms with Crippen LogP contribution in [0, 0.1) is 0 Å². The van der Waals surface area contributed by atoms with Gasteiger partial charge in [-0.05, 0) is 31.5 Å². The first-order chi connectivity index (χ1) is 10.0. The molecule has 0 bridgehead atoms. The zero-order valence-corrected chi connectivity index (χ0v) is 13.0. The highest BCUT2D eigenvalue weighted by Crippen LogP contribution is 2.22. The van der Waals surface area contributed by atoms with E-state index in [4.69, 9.17) is 5.84 Å². The van der Waals surface area contributed by atoms with Gasteiger partial charge in [-0.25, -0.2) is 5.84 Å². The van der Waals surface area contributed by atoms with E-state index in [0.29, 0.717) is 0 Å². The van der Waals surface area contributed by atoms with E-state index in [1.54, 1.807) is 10.6 Å². The van der Waals surface area contributed by atoms with Crippen LogP contribution >= 0.6 is 0 Å². The van der Waals surface area contributed by atoms with Gasteiger partial charge >= 0.3 is 0 Å². The Morgan fingerprint density at radius 3 is 2.76 bits per heavy atom. The van der Waals surface area contributed by atoms with Crippen molar-refractivity contribution in [1.29, 1.82) is 0 Å². The van der Waals surface area contributed by atoms with E-state index < -0.39 is 5.91 Å². The maximum absolute atomic E-state index is 12.6. The number of amides is 1. The van der Waals surface area contributed by atoms with Crippen LogP contribution in [-0.4, -0.2) is 28.5 Å². The number of rotatable bonds is 4. The largest absolute Gasteiger partial charge is 0.309 e. The Hall–Kier alpha value is -1.66. The fourth-order valence-corrected chi connectivity index (χ4v) is 2.89. The van der Waals surface area contributed by atoms with Crippen molar-refractivity contribution in [2.45, 2.75) is 46.2 Å². The molecule has 1 unspecified atom stereocenters. The van der Waals surface area contributed by atoms with Crippen molar-refractivity contribution in [3.63, 3.8) is 0 Å². The molecule has 0 saturated heterocycles. The van der Waals surface area contributed by atoms with Gasteiger partial charge in [0.2, 0.25) is 0 Å². The third kappa shape index (κ3) is 2.87. The van der Waals surface area contributed by atoms with E-state index in [1.807, 2.05) is 13.8 Å². The summed E-state index contributed by atoms with van der Waals surface area (Å²) in [4.78, 5) is 26.8. The molecule has 3 N–H and O–H groups in total. The van der Waals surface area contributed by atoms with Gasteiger partial charge in [-0.1, -0.05) is 13.8 Å². The molecule has 1 amide bonds. The molecule has 1 aliphatic heterocycles. The predicted molar refractivity (Wildman–Crippen MR) is 82.0 cm³/mol. The number of nitrogens with zero attached hydrogens (tertiary/aromatic N) is 2. The summed E-state index contributed by atoms with van der Waals surface area (Å²) in [5.41, 5.74) is 4.09. The molecule has 0 aliphatic carbocycles. The second kappa shape index (κ2) is 6.41. The number of nitrogen functional groups attached to an aromatic ring is 1. The highest BCUT2D eigenvalue weighted by Gasteiger charge is 2.24. The molecule has 0 saturated carbocycles. The Kier molecular flexibility index (Phi) is 4.80. The third-order valence-electron chi connectivity index (χ3n) is 4.34. The molecule has 0 spiro atoms. The number of likely N-dealkylation sites (N-methyl/N-ethyl adjacent to an activating group) is 1. The normalized spacial score (nSPS) is 16.4. The van der Waals surface area contributed by atoms with Crippen LogP contribution in [0.2, 0.25) is 0 Å². The van der Waals surface area contributed by atoms with Gasteiger partial charge in [-0.2, -0.15) is 0 Å². The molecule has 6 nitrogen and oxygen atoms in total. The van der Waals surface area contributed by atoms with Crippen molar-refractivity contribution >= 4 is 5.91 Å². The molecule has 2 heterocycles. The van der Waals surface area contributed by atoms with Gasteiger partial charge < -0.3 is 4.57 Å². The van der Waals surface area contributed by atoms with Gasteiger partial charge in [0.05, 0.1) is 0 Å². The monoisotopic (exact) mass is 292 g/mol. The SMILES string of the molecule is CCC(C)n1c2c(cc(C(=O)NN)c1=O)CN(CC)CC2. The first-order valence-electron chi connectivity index (χ1n) is 7.54. The van der Waals surface area contributed by atoms with Gasteiger partial charge in [-0.3, -0.25) is 19.9 Å². The molecule has 116 valence electrons. The lowest BCUT2D eigenvalue weighted by Crippen LogP contribution is -2.41. The minimum absolute atomic E-state index is 0.0740. The summed E-state index contributed by atoms with van der Waals surface area (Å²) < 4.78 is 1.78. The Bertz CT molecular complexity index is 594. The number of hydrogen-bond donors (Lipinski definition) is 2. The van der Waals surface area contributed by atoms with Crippen molar-refractivity contribution in [3.05, 3.63) is 33.2 Å². The van der Waals surface area contributed by atoms with Crippen LogP contribution < -0.4 is 16.8 Å². The van der Waals surface area contributed by atoms with Crippen LogP contribution in [0.15, 0.2) is 10.9 Å². The Morgan fingerprint density at radius 1 is 1.48 bits per heavy atom. The van der Waals surface area contributed by atoms with Crippen molar-refractivity contribution < 1.29 is 4.79 Å². The summed E-state index contributed by atoms with van der Waals surface area (Å²) in [7, 11) is 0. The van der Waals surface area contributed by atoms with Crippen LogP contribution in [0.1, 0.15) is 54.8 Å². The second-order valence-electron chi connectivity index (χ2n) is 5.55. The first-order valence-corrected chi connectivity index (χ1v) is 7.54. The topological polar surface area (TPSA) is 80.4 Å². The number of carbonyl (C=O) groups excluding carboxylic acids is 1. The van der Waals surface area contributed by atoms with E-state index in [1.165, 1.54) is 0 Å². The van der Waals surface area contributed by atoms with E-state index >= 15 is 0 Å². The fraction of sp³-hybridized carbons (Fsp3) is 0.600. The lowest BCUT2D eigenvalue weighted by molar-refractivity contribution is 0.0950. The average molecular weight is 292 g/mol. The zero-order valence-electron chi connectivity index (χ0n) is 13.0. The number of aromatic nitrogens is 1. The van der Waals surface area contributed by atoms with E-state index in [-0.39, 0.29) is 17.2 Å². The zero-order chi connectivity index (χ0) is 15.6. The quantitative estimate of drug-likeness (QED) is 0.489. The minimum Gasteiger partial charge on any atom is -0.309 e. The van der Waals surface area contributed by atoms with Gasteiger partial charge in [0.25, 0.3) is 11.5 Å². The number of carbonyl (C=O) groups is 1. The third-order valence-corrected chi connectivity index (χ3v) is 4.34. The van der Waals surface area contributed by atoms with Crippen LogP contribution in [0.25, 0.3) is 0 Å². The summed E-state index contributed by atoms with van der Waals surface area (Å²) >= 11 is 0. The Labute approximate surface area is 124 Å². The van der Waals surface area contributed by atoms with Gasteiger partial charge in [0, 0.05) is 31.2 Å². The molecule has 1 aliphatic rings. The van der Waals surface area contributed by atoms with Crippen molar-refractivity contribution in [2.75, 3.05) is 13.1 Å². The van der Waals surface area contributed by atoms with Crippen molar-refractivity contribution in [3.8, 4) is 0 Å². The van der Waals surface area contributed by atoms with Crippen LogP contribution in [0.3, 0.4) is 0 Å². The number of hydrazine groups is 1. The van der Waals surface area contributed by atoms with Gasteiger partial charge in [-0.15, -0.1) is 0 Å². The lowest BCUT2D eigenvalue weighted by atomic mass is 10.0. The molecule has 2 rings (SSSR count). The molecule has 0 fully saturated rings. The van der Waals surface area contributed by atoms with Gasteiger partial charge in [0.15, 0.2) is 0 Å². The Balaban J connectivity index is 2.63. The Morgan fingerprint density at radius 2 is 2.19 bits per heavy atom. The fourth-order valence-electron chi connectivity index (χ4n) is 2.89. The first kappa shape index (κ1) is 15.7. The summed E-state index contributed by atoms with van der Waals surface area (Å²) in [6, 6.07) is 1.78. The number of fused-ring (bicyclic) bond motifs is 1. The maximum atomic E-state index is 12.6. The lowest BCUT2D eigenvalue weighted by Gasteiger charge is -2.31. The number of hydrogen-bond acceptors (Lipinski definition) is 4. The minimum atomic E-state index is -0.520. The van der Waals surface area contributed by atoms with Crippen molar-refractivity contribution in [1.82, 2.24) is 14.9 Å². The molecular weight excluding hydrogens is 268 g/mol. The molecule has 21 heavy (non-hydrogen) atoms. The van der Waals surface area contributed by atoms with E-state index in [9.17, 15) is 9.59 Å². The number of nitrogens with one attached hydrogen (secondary N) is 1. The van der Waals surface area contributed by atoms with E-state index in [0.717, 1.165) is 43.7 Å². The summed E-state index contributed by atoms with van der Waals surface area (Å²) in [6.45, 7) is 8.84. The molecule has 6 heteroatoms. The number of nitrogens with two attached hydrogens (primary N) is 1. The highest BCUT2D eigenvalue weighted by molar-refractivity contribution is 5.93. The van der Waals surface area contributed by atoms with E-state index in [2.05, 4.69) is 17.2 Å². The summed E-state index contributed by atoms with van der Waals surface area (Å²) in [5.74, 6) is 4.68. The van der Waals surface area contributed by atoms with Crippen molar-refractivity contribution in [2.24, 2.45) is 5.84 Å². The van der Waals surface area contributed by atoms with Crippen LogP contribution in [-0.2, 0) is 13.0 Å². The molecule has 1 atom stereocenters. The smallest absolute Gasteiger partial charge is 0.270 e. The average Bonchev–Trinajstić information content (AvgIpc) is 2.52. The second-order valence-corrected chi connectivity index (χ2v) is 5.55. The molecule has 1 aromatic heterocycles. The maximum Gasteiger partial charge on any atom is 0.270 e. The molecule has 0 aromatic carbocycles. The number of pyridine rings is 1. The molecule has 1 aromatic rings. The summed E-state index contributed by atoms with van der Waals surface area (Å²) in [6.07, 6.45) is 1.69. The predicted octanol–water partition coefficient (Wildman–Crippen LogP) is 0.801. The molecular formula is C15H24N4O2.